The lowest BCUT2D eigenvalue weighted by molar-refractivity contribution is 0.309. The molecule has 1 aromatic rings. The van der Waals surface area contributed by atoms with Gasteiger partial charge in [-0.25, -0.2) is 0 Å². The first-order valence-corrected chi connectivity index (χ1v) is 6.97. The third kappa shape index (κ3) is 3.45. The lowest BCUT2D eigenvalue weighted by atomic mass is 9.87. The molecule has 0 unspecified atom stereocenters. The highest BCUT2D eigenvalue weighted by molar-refractivity contribution is 5.36. The minimum absolute atomic E-state index is 0.212. The van der Waals surface area contributed by atoms with Crippen molar-refractivity contribution in [2.75, 3.05) is 24.3 Å². The van der Waals surface area contributed by atoms with Crippen molar-refractivity contribution in [1.29, 1.82) is 0 Å². The Morgan fingerprint density at radius 2 is 1.89 bits per heavy atom. The van der Waals surface area contributed by atoms with Crippen molar-refractivity contribution in [2.45, 2.75) is 45.6 Å². The molecule has 0 aromatic carbocycles. The van der Waals surface area contributed by atoms with Gasteiger partial charge < -0.3 is 15.4 Å². The number of hydrogen-bond acceptors (Lipinski definition) is 6. The predicted octanol–water partition coefficient (Wildman–Crippen LogP) is 1.87. The van der Waals surface area contributed by atoms with Gasteiger partial charge in [0.05, 0.1) is 6.61 Å². The van der Waals surface area contributed by atoms with E-state index in [2.05, 4.69) is 26.8 Å². The van der Waals surface area contributed by atoms with Gasteiger partial charge in [0.1, 0.15) is 0 Å². The van der Waals surface area contributed by atoms with Gasteiger partial charge in [0.2, 0.25) is 11.9 Å². The van der Waals surface area contributed by atoms with Crippen LogP contribution in [0.5, 0.6) is 6.01 Å². The molecule has 0 saturated heterocycles. The molecular weight excluding hydrogens is 242 g/mol. The highest BCUT2D eigenvalue weighted by atomic mass is 16.5. The van der Waals surface area contributed by atoms with Gasteiger partial charge in [0, 0.05) is 13.1 Å². The molecule has 1 aliphatic carbocycles. The van der Waals surface area contributed by atoms with Gasteiger partial charge in [-0.15, -0.1) is 0 Å². The number of aromatic nitrogens is 3. The van der Waals surface area contributed by atoms with Crippen molar-refractivity contribution in [3.63, 3.8) is 0 Å². The van der Waals surface area contributed by atoms with Gasteiger partial charge in [0.25, 0.3) is 0 Å². The van der Waals surface area contributed by atoms with Crippen LogP contribution in [0.15, 0.2) is 0 Å². The van der Waals surface area contributed by atoms with E-state index < -0.39 is 0 Å². The lowest BCUT2D eigenvalue weighted by Gasteiger charge is -2.33. The Hall–Kier alpha value is -1.59. The van der Waals surface area contributed by atoms with Crippen molar-refractivity contribution in [3.8, 4) is 6.01 Å². The van der Waals surface area contributed by atoms with E-state index in [1.807, 2.05) is 14.0 Å². The summed E-state index contributed by atoms with van der Waals surface area (Å²) in [6, 6.07) is 0.786. The Morgan fingerprint density at radius 3 is 2.53 bits per heavy atom. The Kier molecular flexibility index (Phi) is 4.39. The van der Waals surface area contributed by atoms with Gasteiger partial charge in [-0.3, -0.25) is 0 Å². The number of ether oxygens (including phenoxy) is 1. The van der Waals surface area contributed by atoms with E-state index in [1.54, 1.807) is 0 Å². The zero-order valence-corrected chi connectivity index (χ0v) is 12.0. The van der Waals surface area contributed by atoms with Crippen molar-refractivity contribution in [2.24, 2.45) is 5.92 Å². The summed E-state index contributed by atoms with van der Waals surface area (Å²) < 4.78 is 5.31. The van der Waals surface area contributed by atoms with Gasteiger partial charge in [-0.05, 0) is 38.5 Å². The second kappa shape index (κ2) is 6.04. The summed E-state index contributed by atoms with van der Waals surface area (Å²) in [4.78, 5) is 14.6. The molecule has 0 amide bonds. The third-order valence-corrected chi connectivity index (χ3v) is 3.74. The van der Waals surface area contributed by atoms with E-state index in [-0.39, 0.29) is 5.95 Å². The minimum Gasteiger partial charge on any atom is -0.464 e. The number of nitrogens with zero attached hydrogens (tertiary/aromatic N) is 4. The molecule has 0 radical (unpaired) electrons. The van der Waals surface area contributed by atoms with Gasteiger partial charge in [-0.1, -0.05) is 6.92 Å². The normalized spacial score (nSPS) is 23.1. The largest absolute Gasteiger partial charge is 0.464 e. The quantitative estimate of drug-likeness (QED) is 0.895. The minimum atomic E-state index is 0.212. The van der Waals surface area contributed by atoms with Crippen LogP contribution in [0.25, 0.3) is 0 Å². The van der Waals surface area contributed by atoms with Gasteiger partial charge >= 0.3 is 6.01 Å². The number of nitrogens with two attached hydrogens (primary N) is 1. The molecular formula is C13H23N5O. The average Bonchev–Trinajstić information content (AvgIpc) is 2.38. The molecule has 1 saturated carbocycles. The van der Waals surface area contributed by atoms with E-state index >= 15 is 0 Å². The summed E-state index contributed by atoms with van der Waals surface area (Å²) >= 11 is 0. The molecule has 106 valence electrons. The second-order valence-electron chi connectivity index (χ2n) is 5.23. The fourth-order valence-corrected chi connectivity index (χ4v) is 2.51. The average molecular weight is 265 g/mol. The van der Waals surface area contributed by atoms with Crippen LogP contribution < -0.4 is 15.4 Å². The molecule has 6 nitrogen and oxygen atoms in total. The smallest absolute Gasteiger partial charge is 0.323 e. The Labute approximate surface area is 114 Å². The number of hydrogen-bond donors (Lipinski definition) is 1. The van der Waals surface area contributed by atoms with Crippen molar-refractivity contribution < 1.29 is 4.74 Å². The second-order valence-corrected chi connectivity index (χ2v) is 5.23. The molecule has 0 aliphatic heterocycles. The standard InChI is InChI=1S/C13H23N5O/c1-4-19-13-16-11(14)15-12(17-13)18(3)10-7-5-9(2)6-8-10/h9-10H,4-8H2,1-3H3,(H2,14,15,16,17). The van der Waals surface area contributed by atoms with Crippen LogP contribution in [-0.2, 0) is 0 Å². The molecule has 0 bridgehead atoms. The molecule has 1 heterocycles. The first kappa shape index (κ1) is 13.8. The molecule has 2 rings (SSSR count). The van der Waals surface area contributed by atoms with E-state index in [1.165, 1.54) is 25.7 Å². The molecule has 1 aromatic heterocycles. The van der Waals surface area contributed by atoms with Gasteiger partial charge in [-0.2, -0.15) is 15.0 Å². The van der Waals surface area contributed by atoms with Crippen molar-refractivity contribution >= 4 is 11.9 Å². The number of anilines is 2. The fraction of sp³-hybridized carbons (Fsp3) is 0.769. The molecule has 0 spiro atoms. The highest BCUT2D eigenvalue weighted by Crippen LogP contribution is 2.28. The van der Waals surface area contributed by atoms with Crippen LogP contribution in [0.3, 0.4) is 0 Å². The van der Waals surface area contributed by atoms with Crippen molar-refractivity contribution in [3.05, 3.63) is 0 Å². The summed E-state index contributed by atoms with van der Waals surface area (Å²) in [5, 5.41) is 0. The summed E-state index contributed by atoms with van der Waals surface area (Å²) in [5.74, 6) is 1.65. The Balaban J connectivity index is 2.11. The number of rotatable bonds is 4. The van der Waals surface area contributed by atoms with E-state index in [9.17, 15) is 0 Å². The molecule has 0 atom stereocenters. The van der Waals surface area contributed by atoms with Crippen LogP contribution in [0.1, 0.15) is 39.5 Å². The zero-order valence-electron chi connectivity index (χ0n) is 12.0. The predicted molar refractivity (Wildman–Crippen MR) is 75.2 cm³/mol. The van der Waals surface area contributed by atoms with E-state index in [0.29, 0.717) is 24.6 Å². The fourth-order valence-electron chi connectivity index (χ4n) is 2.51. The van der Waals surface area contributed by atoms with Crippen LogP contribution in [-0.4, -0.2) is 34.6 Å². The first-order valence-electron chi connectivity index (χ1n) is 6.97. The third-order valence-electron chi connectivity index (χ3n) is 3.74. The Bertz CT molecular complexity index is 417. The maximum absolute atomic E-state index is 5.71. The van der Waals surface area contributed by atoms with Crippen molar-refractivity contribution in [1.82, 2.24) is 15.0 Å². The first-order chi connectivity index (χ1) is 9.10. The molecule has 2 N–H and O–H groups in total. The summed E-state index contributed by atoms with van der Waals surface area (Å²) in [7, 11) is 2.02. The molecule has 6 heteroatoms. The summed E-state index contributed by atoms with van der Waals surface area (Å²) in [5.41, 5.74) is 5.71. The zero-order chi connectivity index (χ0) is 13.8. The lowest BCUT2D eigenvalue weighted by Crippen LogP contribution is -2.36. The SMILES string of the molecule is CCOc1nc(N)nc(N(C)C2CCC(C)CC2)n1. The van der Waals surface area contributed by atoms with Crippen LogP contribution in [0, 0.1) is 5.92 Å². The molecule has 1 fully saturated rings. The molecule has 19 heavy (non-hydrogen) atoms. The van der Waals surface area contributed by atoms with Gasteiger partial charge in [0.15, 0.2) is 0 Å². The van der Waals surface area contributed by atoms with Crippen LogP contribution >= 0.6 is 0 Å². The highest BCUT2D eigenvalue weighted by Gasteiger charge is 2.24. The maximum atomic E-state index is 5.71. The topological polar surface area (TPSA) is 77.2 Å². The van der Waals surface area contributed by atoms with E-state index in [0.717, 1.165) is 5.92 Å². The maximum Gasteiger partial charge on any atom is 0.323 e. The van der Waals surface area contributed by atoms with Crippen LogP contribution in [0.4, 0.5) is 11.9 Å². The molecule has 1 aliphatic rings. The summed E-state index contributed by atoms with van der Waals surface area (Å²) in [6.07, 6.45) is 4.86. The monoisotopic (exact) mass is 265 g/mol. The summed E-state index contributed by atoms with van der Waals surface area (Å²) in [6.45, 7) is 4.73. The van der Waals surface area contributed by atoms with E-state index in [4.69, 9.17) is 10.5 Å². The Morgan fingerprint density at radius 1 is 1.21 bits per heavy atom. The van der Waals surface area contributed by atoms with Crippen LogP contribution in [0.2, 0.25) is 0 Å². The number of nitrogen functional groups attached to an aromatic ring is 1.